The number of hydrogen-bond donors (Lipinski definition) is 9. The van der Waals surface area contributed by atoms with Gasteiger partial charge in [-0.1, -0.05) is 46.8 Å². The topological polar surface area (TPSA) is 282 Å². The van der Waals surface area contributed by atoms with E-state index < -0.39 is 140 Å². The molecular formula is C49H78O19. The molecule has 5 saturated heterocycles. The maximum atomic E-state index is 12.8. The Bertz CT molecular complexity index is 1880. The van der Waals surface area contributed by atoms with E-state index in [9.17, 15) is 50.8 Å². The molecule has 9 fully saturated rings. The molecule has 0 aromatic heterocycles. The van der Waals surface area contributed by atoms with Gasteiger partial charge in [-0.2, -0.15) is 0 Å². The second-order valence-electron chi connectivity index (χ2n) is 23.5. The number of aliphatic hydroxyl groups is 9. The number of rotatable bonds is 11. The first kappa shape index (κ1) is 51.4. The van der Waals surface area contributed by atoms with Gasteiger partial charge in [0.15, 0.2) is 30.8 Å². The Balaban J connectivity index is 0.978. The van der Waals surface area contributed by atoms with Crippen LogP contribution in [0.15, 0.2) is 12.2 Å². The van der Waals surface area contributed by atoms with Gasteiger partial charge in [0, 0.05) is 30.6 Å². The van der Waals surface area contributed by atoms with Crippen molar-refractivity contribution in [3.05, 3.63) is 12.2 Å². The molecule has 19 heteroatoms. The summed E-state index contributed by atoms with van der Waals surface area (Å²) >= 11 is 0. The first-order chi connectivity index (χ1) is 31.8. The van der Waals surface area contributed by atoms with Crippen molar-refractivity contribution in [1.29, 1.82) is 0 Å². The average molecular weight is 971 g/mol. The van der Waals surface area contributed by atoms with Crippen LogP contribution in [-0.4, -0.2) is 188 Å². The molecule has 26 atom stereocenters. The van der Waals surface area contributed by atoms with Crippen LogP contribution in [0, 0.1) is 51.2 Å². The van der Waals surface area contributed by atoms with Gasteiger partial charge >= 0.3 is 5.97 Å². The van der Waals surface area contributed by atoms with E-state index >= 15 is 0 Å². The molecule has 0 aromatic carbocycles. The first-order valence-corrected chi connectivity index (χ1v) is 24.9. The van der Waals surface area contributed by atoms with E-state index in [1.807, 2.05) is 13.8 Å². The lowest BCUT2D eigenvalue weighted by molar-refractivity contribution is -0.378. The standard InChI is InChI=1S/C49H78O19/c1-21(2)22(3)36-40(62-23(4)52)47(9,59)39-24-10-11-29-45(7)14-13-30(44(5,6)28(45)12-15-46(29,8)48(24)19-49(39,68-36)61-20-48)65-43-38(67-41-34(57)32(55)27(17-51)64-41)37(25(53)18-60-43)66-42-35(58)33(56)31(54)26(16-50)63-42/h22,24-43,50-51,53-59H,1,10-20H2,2-9H3/t22-,24+,25-,26+,27-,28+,29+,30-,31+,32-,33-,34+,35+,36+,37-,38+,39-,40+,41-,42-,43-,45-,46+,47+,48-,49-/m0/s1. The van der Waals surface area contributed by atoms with Crippen molar-refractivity contribution in [2.75, 3.05) is 26.4 Å². The third-order valence-electron chi connectivity index (χ3n) is 19.6. The number of hydrogen-bond acceptors (Lipinski definition) is 19. The second kappa shape index (κ2) is 17.9. The molecule has 4 aliphatic carbocycles. The van der Waals surface area contributed by atoms with Crippen LogP contribution in [0.1, 0.15) is 100 Å². The Hall–Kier alpha value is -1.47. The van der Waals surface area contributed by atoms with Gasteiger partial charge in [0.1, 0.15) is 72.7 Å². The third kappa shape index (κ3) is 7.57. The highest BCUT2D eigenvalue weighted by atomic mass is 16.8. The fourth-order valence-corrected chi connectivity index (χ4v) is 16.1. The van der Waals surface area contributed by atoms with E-state index in [2.05, 4.69) is 34.3 Å². The highest BCUT2D eigenvalue weighted by Crippen LogP contribution is 2.80. The molecule has 0 amide bonds. The molecule has 5 heterocycles. The maximum absolute atomic E-state index is 12.8. The minimum atomic E-state index is -1.81. The largest absolute Gasteiger partial charge is 0.457 e. The summed E-state index contributed by atoms with van der Waals surface area (Å²) in [7, 11) is 0. The number of aliphatic hydroxyl groups excluding tert-OH is 8. The van der Waals surface area contributed by atoms with Crippen LogP contribution in [0.25, 0.3) is 0 Å². The van der Waals surface area contributed by atoms with Gasteiger partial charge in [0.05, 0.1) is 32.5 Å². The summed E-state index contributed by atoms with van der Waals surface area (Å²) in [6, 6.07) is 0. The molecular weight excluding hydrogens is 893 g/mol. The molecule has 68 heavy (non-hydrogen) atoms. The van der Waals surface area contributed by atoms with E-state index in [0.29, 0.717) is 19.4 Å². The van der Waals surface area contributed by atoms with Crippen molar-refractivity contribution < 1.29 is 93.4 Å². The van der Waals surface area contributed by atoms with Gasteiger partial charge in [-0.25, -0.2) is 0 Å². The summed E-state index contributed by atoms with van der Waals surface area (Å²) in [5, 5.41) is 97.5. The Labute approximate surface area is 398 Å². The number of carbonyl (C=O) groups excluding carboxylic acids is 1. The van der Waals surface area contributed by atoms with Crippen molar-refractivity contribution in [2.45, 2.75) is 210 Å². The molecule has 2 bridgehead atoms. The molecule has 4 saturated carbocycles. The predicted octanol–water partition coefficient (Wildman–Crippen LogP) is 0.393. The zero-order valence-corrected chi connectivity index (χ0v) is 40.7. The van der Waals surface area contributed by atoms with Crippen LogP contribution in [0.3, 0.4) is 0 Å². The van der Waals surface area contributed by atoms with E-state index in [1.165, 1.54) is 6.92 Å². The molecule has 0 unspecified atom stereocenters. The smallest absolute Gasteiger partial charge is 0.303 e. The molecule has 9 aliphatic rings. The monoisotopic (exact) mass is 971 g/mol. The minimum absolute atomic E-state index is 0.0597. The number of esters is 1. The summed E-state index contributed by atoms with van der Waals surface area (Å²) in [6.45, 7) is 19.4. The van der Waals surface area contributed by atoms with Crippen LogP contribution in [0.4, 0.5) is 0 Å². The number of ether oxygens (including phenoxy) is 9. The molecule has 0 radical (unpaired) electrons. The summed E-state index contributed by atoms with van der Waals surface area (Å²) in [6.07, 6.45) is -16.1. The molecule has 9 N–H and O–H groups in total. The Morgan fingerprint density at radius 2 is 1.38 bits per heavy atom. The summed E-state index contributed by atoms with van der Waals surface area (Å²) in [5.74, 6) is -1.69. The van der Waals surface area contributed by atoms with Gasteiger partial charge in [0.2, 0.25) is 0 Å². The van der Waals surface area contributed by atoms with E-state index in [1.54, 1.807) is 6.92 Å². The summed E-state index contributed by atoms with van der Waals surface area (Å²) < 4.78 is 56.9. The lowest BCUT2D eigenvalue weighted by atomic mass is 9.35. The van der Waals surface area contributed by atoms with Crippen LogP contribution >= 0.6 is 0 Å². The van der Waals surface area contributed by atoms with Crippen LogP contribution < -0.4 is 0 Å². The Morgan fingerprint density at radius 3 is 2.00 bits per heavy atom. The Kier molecular flexibility index (Phi) is 13.5. The highest BCUT2D eigenvalue weighted by molar-refractivity contribution is 5.66. The van der Waals surface area contributed by atoms with Gasteiger partial charge in [0.25, 0.3) is 0 Å². The van der Waals surface area contributed by atoms with E-state index in [4.69, 9.17) is 42.6 Å². The normalized spacial score (nSPS) is 55.4. The maximum Gasteiger partial charge on any atom is 0.303 e. The van der Waals surface area contributed by atoms with Crippen LogP contribution in [-0.2, 0) is 47.4 Å². The molecule has 2 spiro atoms. The molecule has 388 valence electrons. The van der Waals surface area contributed by atoms with E-state index in [-0.39, 0.29) is 46.5 Å². The van der Waals surface area contributed by atoms with Crippen molar-refractivity contribution >= 4 is 5.97 Å². The van der Waals surface area contributed by atoms with Gasteiger partial charge in [-0.3, -0.25) is 4.79 Å². The zero-order chi connectivity index (χ0) is 49.4. The first-order valence-electron chi connectivity index (χ1n) is 24.9. The van der Waals surface area contributed by atoms with Gasteiger partial charge < -0.3 is 88.6 Å². The third-order valence-corrected chi connectivity index (χ3v) is 19.6. The summed E-state index contributed by atoms with van der Waals surface area (Å²) in [4.78, 5) is 12.6. The minimum Gasteiger partial charge on any atom is -0.457 e. The fraction of sp³-hybridized carbons (Fsp3) is 0.939. The van der Waals surface area contributed by atoms with Crippen molar-refractivity contribution in [3.8, 4) is 0 Å². The van der Waals surface area contributed by atoms with Gasteiger partial charge in [-0.05, 0) is 86.4 Å². The molecule has 19 nitrogen and oxygen atoms in total. The molecule has 9 rings (SSSR count). The van der Waals surface area contributed by atoms with Crippen LogP contribution in [0.2, 0.25) is 0 Å². The zero-order valence-electron chi connectivity index (χ0n) is 40.7. The quantitative estimate of drug-likeness (QED) is 0.0770. The lowest BCUT2D eigenvalue weighted by Gasteiger charge is -2.70. The lowest BCUT2D eigenvalue weighted by Crippen LogP contribution is -2.71. The average Bonchev–Trinajstić information content (AvgIpc) is 3.90. The molecule has 0 aromatic rings. The predicted molar refractivity (Wildman–Crippen MR) is 234 cm³/mol. The number of fused-ring (bicyclic) bond motifs is 4. The highest BCUT2D eigenvalue weighted by Gasteiger charge is 2.82. The van der Waals surface area contributed by atoms with Crippen molar-refractivity contribution in [1.82, 2.24) is 0 Å². The Morgan fingerprint density at radius 1 is 0.765 bits per heavy atom. The van der Waals surface area contributed by atoms with E-state index in [0.717, 1.165) is 37.7 Å². The second-order valence-corrected chi connectivity index (χ2v) is 23.5. The van der Waals surface area contributed by atoms with Crippen molar-refractivity contribution in [2.24, 2.45) is 51.2 Å². The van der Waals surface area contributed by atoms with Crippen LogP contribution in [0.5, 0.6) is 0 Å². The summed E-state index contributed by atoms with van der Waals surface area (Å²) in [5.41, 5.74) is -1.73. The van der Waals surface area contributed by atoms with Crippen molar-refractivity contribution in [3.63, 3.8) is 0 Å². The van der Waals surface area contributed by atoms with Gasteiger partial charge in [-0.15, -0.1) is 0 Å². The molecule has 5 aliphatic heterocycles. The number of carbonyl (C=O) groups is 1. The SMILES string of the molecule is C=C(C)[C@H](C)[C@H]1O[C@]23C[C@]4(CO2)[C@H](CC[C@@H]2[C@@]5(C)CC[C@H](O[C@@H]6OC[C@H](O)[C@H](O[C@@H]7O[C@H](CO)[C@@H](O)[C@H](O)[C@H]7O)[C@H]6O[C@@H]6O[C@@H](CO)[C@H](O)[C@H]6O)C(C)(C)[C@H]5CC[C@]24C)[C@H]3[C@@](C)(O)[C@@H]1OC(C)=O. The fourth-order valence-electron chi connectivity index (χ4n) is 16.1.